The van der Waals surface area contributed by atoms with Gasteiger partial charge in [0.1, 0.15) is 5.75 Å². The molecule has 2 aromatic rings. The van der Waals surface area contributed by atoms with Crippen LogP contribution in [-0.2, 0) is 16.6 Å². The highest BCUT2D eigenvalue weighted by Crippen LogP contribution is 2.55. The summed E-state index contributed by atoms with van der Waals surface area (Å²) in [6.45, 7) is 5.43. The number of fused-ring (bicyclic) bond motifs is 1. The number of hydrogen-bond donors (Lipinski definition) is 4. The highest BCUT2D eigenvalue weighted by molar-refractivity contribution is 5.91. The molecule has 5 rings (SSSR count). The van der Waals surface area contributed by atoms with Gasteiger partial charge in [0.2, 0.25) is 0 Å². The predicted molar refractivity (Wildman–Crippen MR) is 131 cm³/mol. The van der Waals surface area contributed by atoms with Crippen molar-refractivity contribution in [2.45, 2.75) is 63.8 Å². The number of rotatable bonds is 5. The van der Waals surface area contributed by atoms with Crippen LogP contribution in [0, 0.1) is 11.8 Å². The molecule has 33 heavy (non-hydrogen) atoms. The highest BCUT2D eigenvalue weighted by atomic mass is 16.5. The molecule has 2 aliphatic carbocycles. The van der Waals surface area contributed by atoms with Gasteiger partial charge in [0.15, 0.2) is 0 Å². The lowest BCUT2D eigenvalue weighted by Crippen LogP contribution is -2.59. The number of anilines is 3. The molecular weight excluding hydrogens is 414 g/mol. The minimum absolute atomic E-state index is 0.206. The van der Waals surface area contributed by atoms with Gasteiger partial charge in [0, 0.05) is 11.5 Å². The number of phenolic OH excluding ortho intramolecular Hbond substituents is 1. The van der Waals surface area contributed by atoms with Crippen LogP contribution in [0.3, 0.4) is 0 Å². The third-order valence-electron chi connectivity index (χ3n) is 7.74. The molecule has 3 aliphatic rings. The zero-order valence-electron chi connectivity index (χ0n) is 19.6. The number of benzene rings is 2. The SMILES string of the molecule is CC(C)COC(=O)Nc1ccccc1Nc1cc2c(cc1O)[C@@]13CCCC[C@H]1[C@@H](C2)NCC3. The molecule has 2 fully saturated rings. The van der Waals surface area contributed by atoms with Crippen LogP contribution in [0.5, 0.6) is 5.75 Å². The van der Waals surface area contributed by atoms with Crippen molar-refractivity contribution in [1.29, 1.82) is 0 Å². The molecule has 6 nitrogen and oxygen atoms in total. The smallest absolute Gasteiger partial charge is 0.411 e. The van der Waals surface area contributed by atoms with Crippen LogP contribution in [0.1, 0.15) is 57.1 Å². The Morgan fingerprint density at radius 2 is 2.00 bits per heavy atom. The van der Waals surface area contributed by atoms with Crippen LogP contribution in [0.4, 0.5) is 21.9 Å². The summed E-state index contributed by atoms with van der Waals surface area (Å²) in [6.07, 6.45) is 6.76. The lowest BCUT2D eigenvalue weighted by molar-refractivity contribution is 0.0796. The highest BCUT2D eigenvalue weighted by Gasteiger charge is 2.51. The lowest BCUT2D eigenvalue weighted by atomic mass is 9.53. The topological polar surface area (TPSA) is 82.6 Å². The number of carbonyl (C=O) groups excluding carboxylic acids is 1. The molecule has 2 bridgehead atoms. The first kappa shape index (κ1) is 22.1. The van der Waals surface area contributed by atoms with Crippen LogP contribution in [0.2, 0.25) is 0 Å². The van der Waals surface area contributed by atoms with Gasteiger partial charge >= 0.3 is 6.09 Å². The molecule has 0 aromatic heterocycles. The zero-order valence-corrected chi connectivity index (χ0v) is 19.6. The summed E-state index contributed by atoms with van der Waals surface area (Å²) in [5.74, 6) is 1.21. The second-order valence-corrected chi connectivity index (χ2v) is 10.3. The summed E-state index contributed by atoms with van der Waals surface area (Å²) < 4.78 is 5.27. The van der Waals surface area contributed by atoms with E-state index in [1.54, 1.807) is 0 Å². The third kappa shape index (κ3) is 4.17. The Balaban J connectivity index is 1.42. The van der Waals surface area contributed by atoms with E-state index in [0.29, 0.717) is 29.9 Å². The van der Waals surface area contributed by atoms with E-state index in [1.807, 2.05) is 44.2 Å². The van der Waals surface area contributed by atoms with E-state index in [9.17, 15) is 9.90 Å². The van der Waals surface area contributed by atoms with Crippen LogP contribution >= 0.6 is 0 Å². The number of nitrogens with one attached hydrogen (secondary N) is 3. The van der Waals surface area contributed by atoms with Crippen LogP contribution in [-0.4, -0.2) is 30.4 Å². The van der Waals surface area contributed by atoms with E-state index >= 15 is 0 Å². The minimum Gasteiger partial charge on any atom is -0.506 e. The van der Waals surface area contributed by atoms with Gasteiger partial charge in [-0.3, -0.25) is 5.32 Å². The maximum atomic E-state index is 12.2. The van der Waals surface area contributed by atoms with Crippen molar-refractivity contribution >= 4 is 23.2 Å². The quantitative estimate of drug-likeness (QED) is 0.441. The van der Waals surface area contributed by atoms with E-state index in [-0.39, 0.29) is 17.1 Å². The zero-order chi connectivity index (χ0) is 23.0. The van der Waals surface area contributed by atoms with E-state index in [2.05, 4.69) is 22.0 Å². The Bertz CT molecular complexity index is 1030. The van der Waals surface area contributed by atoms with E-state index in [1.165, 1.54) is 36.8 Å². The Morgan fingerprint density at radius 1 is 1.18 bits per heavy atom. The largest absolute Gasteiger partial charge is 0.506 e. The minimum atomic E-state index is -0.478. The molecular formula is C27H35N3O3. The van der Waals surface area contributed by atoms with Gasteiger partial charge in [0.05, 0.1) is 23.7 Å². The first-order valence-electron chi connectivity index (χ1n) is 12.4. The fourth-order valence-electron chi connectivity index (χ4n) is 6.31. The first-order valence-corrected chi connectivity index (χ1v) is 12.4. The van der Waals surface area contributed by atoms with Crippen molar-refractivity contribution in [2.75, 3.05) is 23.8 Å². The van der Waals surface area contributed by atoms with Gasteiger partial charge in [-0.2, -0.15) is 0 Å². The molecule has 1 aliphatic heterocycles. The number of piperidine rings is 1. The fraction of sp³-hybridized carbons (Fsp3) is 0.519. The summed E-state index contributed by atoms with van der Waals surface area (Å²) in [4.78, 5) is 12.2. The summed E-state index contributed by atoms with van der Waals surface area (Å²) in [6, 6.07) is 12.1. The van der Waals surface area contributed by atoms with Gasteiger partial charge in [-0.1, -0.05) is 38.8 Å². The number of ether oxygens (including phenoxy) is 1. The standard InChI is InChI=1S/C27H35N3O3/c1-17(2)16-33-26(32)30-22-9-4-3-8-21(22)29-24-14-18-13-23-19-7-5-6-10-27(19,11-12-28-23)20(18)15-25(24)31/h3-4,8-9,14-15,17,19,23,28-29,31H,5-7,10-13,16H2,1-2H3,(H,30,32)/t19-,23+,27+/m0/s1. The van der Waals surface area contributed by atoms with Crippen molar-refractivity contribution in [2.24, 2.45) is 11.8 Å². The third-order valence-corrected chi connectivity index (χ3v) is 7.74. The maximum absolute atomic E-state index is 12.2. The van der Waals surface area contributed by atoms with Crippen molar-refractivity contribution in [3.63, 3.8) is 0 Å². The molecule has 176 valence electrons. The van der Waals surface area contributed by atoms with Gasteiger partial charge in [0.25, 0.3) is 0 Å². The van der Waals surface area contributed by atoms with Gasteiger partial charge in [-0.25, -0.2) is 4.79 Å². The van der Waals surface area contributed by atoms with Crippen molar-refractivity contribution < 1.29 is 14.6 Å². The monoisotopic (exact) mass is 449 g/mol. The molecule has 1 saturated carbocycles. The number of phenols is 1. The second kappa shape index (κ2) is 8.90. The molecule has 0 unspecified atom stereocenters. The van der Waals surface area contributed by atoms with E-state index < -0.39 is 6.09 Å². The summed E-state index contributed by atoms with van der Waals surface area (Å²) >= 11 is 0. The molecule has 4 N–H and O–H groups in total. The van der Waals surface area contributed by atoms with Crippen LogP contribution < -0.4 is 16.0 Å². The van der Waals surface area contributed by atoms with Crippen LogP contribution in [0.25, 0.3) is 0 Å². The predicted octanol–water partition coefficient (Wildman–Crippen LogP) is 5.69. The van der Waals surface area contributed by atoms with Gasteiger partial charge < -0.3 is 20.5 Å². The number of hydrogen-bond acceptors (Lipinski definition) is 5. The summed E-state index contributed by atoms with van der Waals surface area (Å²) in [5, 5.41) is 21.0. The molecule has 0 radical (unpaired) electrons. The second-order valence-electron chi connectivity index (χ2n) is 10.3. The molecule has 6 heteroatoms. The normalized spacial score (nSPS) is 25.7. The lowest BCUT2D eigenvalue weighted by Gasteiger charge is -2.56. The Labute approximate surface area is 196 Å². The maximum Gasteiger partial charge on any atom is 0.411 e. The molecule has 1 saturated heterocycles. The Morgan fingerprint density at radius 3 is 2.82 bits per heavy atom. The van der Waals surface area contributed by atoms with E-state index in [0.717, 1.165) is 25.1 Å². The molecule has 1 amide bonds. The van der Waals surface area contributed by atoms with Crippen molar-refractivity contribution in [3.8, 4) is 5.75 Å². The van der Waals surface area contributed by atoms with Gasteiger partial charge in [-0.15, -0.1) is 0 Å². The van der Waals surface area contributed by atoms with Gasteiger partial charge in [-0.05, 0) is 79.5 Å². The molecule has 1 heterocycles. The Hall–Kier alpha value is -2.73. The van der Waals surface area contributed by atoms with Crippen molar-refractivity contribution in [1.82, 2.24) is 5.32 Å². The molecule has 3 atom stereocenters. The number of carbonyl (C=O) groups is 1. The number of amides is 1. The average Bonchev–Trinajstić information content (AvgIpc) is 2.80. The Kier molecular flexibility index (Phi) is 5.95. The summed E-state index contributed by atoms with van der Waals surface area (Å²) in [7, 11) is 0. The van der Waals surface area contributed by atoms with Crippen LogP contribution in [0.15, 0.2) is 36.4 Å². The average molecular weight is 450 g/mol. The summed E-state index contributed by atoms with van der Waals surface area (Å²) in [5.41, 5.74) is 4.90. The van der Waals surface area contributed by atoms with Crippen molar-refractivity contribution in [3.05, 3.63) is 47.5 Å². The van der Waals surface area contributed by atoms with E-state index in [4.69, 9.17) is 4.74 Å². The number of aromatic hydroxyl groups is 1. The fourth-order valence-corrected chi connectivity index (χ4v) is 6.31. The molecule has 2 aromatic carbocycles. The first-order chi connectivity index (χ1) is 16.0. The number of para-hydroxylation sites is 2. The molecule has 0 spiro atoms.